The normalized spacial score (nSPS) is 24.3. The van der Waals surface area contributed by atoms with Crippen LogP contribution in [0.4, 0.5) is 10.1 Å². The number of hydrogen-bond donors (Lipinski definition) is 3. The van der Waals surface area contributed by atoms with Gasteiger partial charge in [0.25, 0.3) is 0 Å². The summed E-state index contributed by atoms with van der Waals surface area (Å²) in [6.07, 6.45) is 1.52. The lowest BCUT2D eigenvalue weighted by Crippen LogP contribution is -2.59. The van der Waals surface area contributed by atoms with Gasteiger partial charge in [0.15, 0.2) is 0 Å². The topological polar surface area (TPSA) is 67.2 Å². The summed E-state index contributed by atoms with van der Waals surface area (Å²) in [5, 5.41) is 6.19. The molecule has 1 amide bonds. The first-order valence-electron chi connectivity index (χ1n) is 5.67. The lowest BCUT2D eigenvalue weighted by molar-refractivity contribution is -0.122. The van der Waals surface area contributed by atoms with Crippen LogP contribution in [0.25, 0.3) is 0 Å². The van der Waals surface area contributed by atoms with Crippen LogP contribution in [0.5, 0.6) is 0 Å². The molecule has 1 aromatic rings. The second-order valence-corrected chi connectivity index (χ2v) is 4.36. The van der Waals surface area contributed by atoms with Crippen LogP contribution in [0.15, 0.2) is 24.3 Å². The monoisotopic (exact) mass is 237 g/mol. The molecule has 1 heterocycles. The van der Waals surface area contributed by atoms with Crippen molar-refractivity contribution in [3.05, 3.63) is 30.1 Å². The third-order valence-corrected chi connectivity index (χ3v) is 3.06. The van der Waals surface area contributed by atoms with Gasteiger partial charge in [0.2, 0.25) is 5.91 Å². The quantitative estimate of drug-likeness (QED) is 0.730. The SMILES string of the molecule is NC(=O)C1(Nc2cccc(F)c2)CCCNC1. The second kappa shape index (κ2) is 4.71. The van der Waals surface area contributed by atoms with Crippen LogP contribution in [0, 0.1) is 5.82 Å². The number of halogens is 1. The van der Waals surface area contributed by atoms with Crippen LogP contribution < -0.4 is 16.4 Å². The fourth-order valence-corrected chi connectivity index (χ4v) is 2.13. The Balaban J connectivity index is 2.20. The van der Waals surface area contributed by atoms with Crippen LogP contribution in [-0.2, 0) is 4.79 Å². The minimum absolute atomic E-state index is 0.335. The Hall–Kier alpha value is -1.62. The van der Waals surface area contributed by atoms with Gasteiger partial charge in [0.1, 0.15) is 11.4 Å². The maximum Gasteiger partial charge on any atom is 0.244 e. The number of primary amides is 1. The smallest absolute Gasteiger partial charge is 0.244 e. The van der Waals surface area contributed by atoms with Crippen LogP contribution >= 0.6 is 0 Å². The number of benzene rings is 1. The standard InChI is InChI=1S/C12H16FN3O/c13-9-3-1-4-10(7-9)16-12(11(14)17)5-2-6-15-8-12/h1,3-4,7,15-16H,2,5-6,8H2,(H2,14,17). The molecule has 5 heteroatoms. The number of anilines is 1. The van der Waals surface area contributed by atoms with Crippen molar-refractivity contribution in [3.63, 3.8) is 0 Å². The number of amides is 1. The zero-order valence-corrected chi connectivity index (χ0v) is 9.50. The molecular formula is C12H16FN3O. The molecule has 1 atom stereocenters. The van der Waals surface area contributed by atoms with Crippen molar-refractivity contribution in [2.24, 2.45) is 5.73 Å². The van der Waals surface area contributed by atoms with Crippen LogP contribution in [-0.4, -0.2) is 24.5 Å². The van der Waals surface area contributed by atoms with Crippen molar-refractivity contribution < 1.29 is 9.18 Å². The third kappa shape index (κ3) is 2.55. The van der Waals surface area contributed by atoms with Crippen LogP contribution in [0.2, 0.25) is 0 Å². The molecule has 0 aromatic heterocycles. The Morgan fingerprint density at radius 3 is 2.94 bits per heavy atom. The van der Waals surface area contributed by atoms with E-state index in [0.29, 0.717) is 18.7 Å². The van der Waals surface area contributed by atoms with Gasteiger partial charge in [-0.3, -0.25) is 4.79 Å². The number of rotatable bonds is 3. The third-order valence-electron chi connectivity index (χ3n) is 3.06. The van der Waals surface area contributed by atoms with Crippen molar-refractivity contribution in [2.75, 3.05) is 18.4 Å². The van der Waals surface area contributed by atoms with Crippen molar-refractivity contribution in [1.82, 2.24) is 5.32 Å². The number of carbonyl (C=O) groups is 1. The van der Waals surface area contributed by atoms with Crippen molar-refractivity contribution >= 4 is 11.6 Å². The number of nitrogens with one attached hydrogen (secondary N) is 2. The van der Waals surface area contributed by atoms with E-state index in [0.717, 1.165) is 13.0 Å². The molecule has 1 saturated heterocycles. The van der Waals surface area contributed by atoms with Gasteiger partial charge in [-0.1, -0.05) is 6.07 Å². The molecule has 92 valence electrons. The summed E-state index contributed by atoms with van der Waals surface area (Å²) in [5.74, 6) is -0.743. The molecule has 0 bridgehead atoms. The van der Waals surface area contributed by atoms with E-state index in [-0.39, 0.29) is 5.82 Å². The van der Waals surface area contributed by atoms with Gasteiger partial charge >= 0.3 is 0 Å². The first kappa shape index (κ1) is 11.9. The minimum atomic E-state index is -0.813. The predicted octanol–water partition coefficient (Wildman–Crippen LogP) is 0.845. The lowest BCUT2D eigenvalue weighted by atomic mass is 9.89. The molecule has 1 aromatic carbocycles. The minimum Gasteiger partial charge on any atom is -0.370 e. The van der Waals surface area contributed by atoms with E-state index in [4.69, 9.17) is 5.73 Å². The Morgan fingerprint density at radius 1 is 1.53 bits per heavy atom. The van der Waals surface area contributed by atoms with E-state index >= 15 is 0 Å². The lowest BCUT2D eigenvalue weighted by Gasteiger charge is -2.36. The number of nitrogens with two attached hydrogens (primary N) is 1. The fraction of sp³-hybridized carbons (Fsp3) is 0.417. The van der Waals surface area contributed by atoms with E-state index in [1.807, 2.05) is 0 Å². The fourth-order valence-electron chi connectivity index (χ4n) is 2.13. The van der Waals surface area contributed by atoms with Gasteiger partial charge in [-0.2, -0.15) is 0 Å². The molecule has 4 nitrogen and oxygen atoms in total. The summed E-state index contributed by atoms with van der Waals surface area (Å²) in [5.41, 5.74) is 5.22. The van der Waals surface area contributed by atoms with Crippen LogP contribution in [0.1, 0.15) is 12.8 Å². The van der Waals surface area contributed by atoms with Crippen molar-refractivity contribution in [2.45, 2.75) is 18.4 Å². The van der Waals surface area contributed by atoms with Gasteiger partial charge < -0.3 is 16.4 Å². The molecule has 1 aliphatic heterocycles. The van der Waals surface area contributed by atoms with Gasteiger partial charge in [-0.25, -0.2) is 4.39 Å². The van der Waals surface area contributed by atoms with Crippen LogP contribution in [0.3, 0.4) is 0 Å². The molecule has 17 heavy (non-hydrogen) atoms. The van der Waals surface area contributed by atoms with E-state index in [1.54, 1.807) is 12.1 Å². The Morgan fingerprint density at radius 2 is 2.35 bits per heavy atom. The molecule has 0 aliphatic carbocycles. The average Bonchev–Trinajstić information content (AvgIpc) is 2.30. The van der Waals surface area contributed by atoms with E-state index in [1.165, 1.54) is 12.1 Å². The molecule has 2 rings (SSSR count). The maximum atomic E-state index is 13.1. The zero-order chi connectivity index (χ0) is 12.3. The summed E-state index contributed by atoms with van der Waals surface area (Å²) in [7, 11) is 0. The van der Waals surface area contributed by atoms with Gasteiger partial charge in [-0.05, 0) is 37.6 Å². The summed E-state index contributed by atoms with van der Waals surface area (Å²) in [6.45, 7) is 1.35. The zero-order valence-electron chi connectivity index (χ0n) is 9.50. The number of hydrogen-bond acceptors (Lipinski definition) is 3. The highest BCUT2D eigenvalue weighted by atomic mass is 19.1. The first-order chi connectivity index (χ1) is 8.12. The van der Waals surface area contributed by atoms with Crippen molar-refractivity contribution in [1.29, 1.82) is 0 Å². The van der Waals surface area contributed by atoms with Crippen molar-refractivity contribution in [3.8, 4) is 0 Å². The summed E-state index contributed by atoms with van der Waals surface area (Å²) >= 11 is 0. The summed E-state index contributed by atoms with van der Waals surface area (Å²) < 4.78 is 13.1. The Bertz CT molecular complexity index is 416. The second-order valence-electron chi connectivity index (χ2n) is 4.36. The molecule has 1 fully saturated rings. The molecule has 0 radical (unpaired) electrons. The number of carbonyl (C=O) groups excluding carboxylic acids is 1. The predicted molar refractivity (Wildman–Crippen MR) is 64.1 cm³/mol. The van der Waals surface area contributed by atoms with E-state index in [9.17, 15) is 9.18 Å². The average molecular weight is 237 g/mol. The van der Waals surface area contributed by atoms with E-state index in [2.05, 4.69) is 10.6 Å². The Labute approximate surface area is 99.4 Å². The first-order valence-corrected chi connectivity index (χ1v) is 5.67. The van der Waals surface area contributed by atoms with Gasteiger partial charge in [0.05, 0.1) is 0 Å². The highest BCUT2D eigenvalue weighted by Crippen LogP contribution is 2.22. The highest BCUT2D eigenvalue weighted by Gasteiger charge is 2.37. The summed E-state index contributed by atoms with van der Waals surface area (Å²) in [4.78, 5) is 11.6. The molecule has 1 unspecified atom stereocenters. The summed E-state index contributed by atoms with van der Waals surface area (Å²) in [6, 6.07) is 6.05. The molecule has 0 saturated carbocycles. The molecule has 4 N–H and O–H groups in total. The molecular weight excluding hydrogens is 221 g/mol. The number of piperidine rings is 1. The maximum absolute atomic E-state index is 13.1. The van der Waals surface area contributed by atoms with Gasteiger partial charge in [0, 0.05) is 12.2 Å². The molecule has 0 spiro atoms. The largest absolute Gasteiger partial charge is 0.370 e. The van der Waals surface area contributed by atoms with E-state index < -0.39 is 11.4 Å². The highest BCUT2D eigenvalue weighted by molar-refractivity contribution is 5.88. The Kier molecular flexibility index (Phi) is 3.28. The molecule has 1 aliphatic rings. The van der Waals surface area contributed by atoms with Gasteiger partial charge in [-0.15, -0.1) is 0 Å².